The van der Waals surface area contributed by atoms with Crippen LogP contribution in [0, 0.1) is 11.2 Å². The van der Waals surface area contributed by atoms with E-state index < -0.39 is 0 Å². The molecule has 1 aliphatic rings. The number of rotatable bonds is 7. The Hall–Kier alpha value is -0.490. The number of benzene rings is 1. The van der Waals surface area contributed by atoms with Crippen molar-refractivity contribution in [1.82, 2.24) is 5.32 Å². The summed E-state index contributed by atoms with van der Waals surface area (Å²) in [5, 5.41) is 3.44. The molecule has 1 heterocycles. The summed E-state index contributed by atoms with van der Waals surface area (Å²) in [7, 11) is 1.70. The molecule has 2 unspecified atom stereocenters. The molecule has 3 nitrogen and oxygen atoms in total. The number of hydrogen-bond acceptors (Lipinski definition) is 3. The normalized spacial score (nSPS) is 25.4. The minimum atomic E-state index is -0.207. The lowest BCUT2D eigenvalue weighted by atomic mass is 9.76. The van der Waals surface area contributed by atoms with E-state index in [1.54, 1.807) is 13.2 Å². The maximum atomic E-state index is 13.7. The maximum Gasteiger partial charge on any atom is 0.137 e. The Labute approximate surface area is 134 Å². The molecule has 118 valence electrons. The van der Waals surface area contributed by atoms with Crippen LogP contribution in [0.25, 0.3) is 0 Å². The van der Waals surface area contributed by atoms with Crippen LogP contribution in [0.15, 0.2) is 22.7 Å². The highest BCUT2D eigenvalue weighted by Crippen LogP contribution is 2.39. The summed E-state index contributed by atoms with van der Waals surface area (Å²) in [6, 6.07) is 5.22. The summed E-state index contributed by atoms with van der Waals surface area (Å²) in [4.78, 5) is 0. The van der Waals surface area contributed by atoms with Gasteiger partial charge in [-0.3, -0.25) is 0 Å². The minimum Gasteiger partial charge on any atom is -0.383 e. The molecule has 5 heteroatoms. The van der Waals surface area contributed by atoms with E-state index in [0.717, 1.165) is 38.1 Å². The first-order chi connectivity index (χ1) is 10.1. The van der Waals surface area contributed by atoms with Crippen molar-refractivity contribution in [2.45, 2.75) is 25.9 Å². The molecule has 2 rings (SSSR count). The average molecular weight is 360 g/mol. The van der Waals surface area contributed by atoms with Gasteiger partial charge in [0.1, 0.15) is 5.82 Å². The van der Waals surface area contributed by atoms with Gasteiger partial charge in [-0.2, -0.15) is 0 Å². The first-order valence-electron chi connectivity index (χ1n) is 7.33. The Kier molecular flexibility index (Phi) is 6.17. The van der Waals surface area contributed by atoms with E-state index in [1.807, 2.05) is 6.07 Å². The van der Waals surface area contributed by atoms with Crippen molar-refractivity contribution in [3.8, 4) is 0 Å². The van der Waals surface area contributed by atoms with E-state index in [9.17, 15) is 4.39 Å². The smallest absolute Gasteiger partial charge is 0.137 e. The molecular weight excluding hydrogens is 337 g/mol. The fourth-order valence-corrected chi connectivity index (χ4v) is 3.33. The lowest BCUT2D eigenvalue weighted by molar-refractivity contribution is 0.0618. The minimum absolute atomic E-state index is 0.00402. The first-order valence-corrected chi connectivity index (χ1v) is 8.12. The van der Waals surface area contributed by atoms with Gasteiger partial charge in [0.25, 0.3) is 0 Å². The number of nitrogens with one attached hydrogen (secondary N) is 1. The quantitative estimate of drug-likeness (QED) is 0.758. The largest absolute Gasteiger partial charge is 0.383 e. The number of halogens is 2. The number of ether oxygens (including phenoxy) is 2. The third-order valence-electron chi connectivity index (χ3n) is 4.36. The van der Waals surface area contributed by atoms with Gasteiger partial charge in [-0.05, 0) is 47.3 Å². The van der Waals surface area contributed by atoms with Crippen LogP contribution >= 0.6 is 15.9 Å². The third kappa shape index (κ3) is 4.03. The van der Waals surface area contributed by atoms with Gasteiger partial charge in [0, 0.05) is 32.2 Å². The van der Waals surface area contributed by atoms with Gasteiger partial charge < -0.3 is 14.8 Å². The highest BCUT2D eigenvalue weighted by molar-refractivity contribution is 9.10. The van der Waals surface area contributed by atoms with Crippen molar-refractivity contribution in [3.63, 3.8) is 0 Å². The average Bonchev–Trinajstić information content (AvgIpc) is 2.82. The van der Waals surface area contributed by atoms with E-state index in [-0.39, 0.29) is 17.3 Å². The summed E-state index contributed by atoms with van der Waals surface area (Å²) in [5.74, 6) is -0.207. The van der Waals surface area contributed by atoms with E-state index in [4.69, 9.17) is 9.47 Å². The molecule has 1 N–H and O–H groups in total. The van der Waals surface area contributed by atoms with Gasteiger partial charge >= 0.3 is 0 Å². The molecule has 1 aromatic rings. The molecule has 2 atom stereocenters. The van der Waals surface area contributed by atoms with Crippen LogP contribution < -0.4 is 5.32 Å². The molecule has 0 amide bonds. The standard InChI is InChI=1S/C16H23BrFNO2/c1-12-16(6-8-21-12,11-19-7-9-20-2)10-13-4-3-5-14(18)15(13)17/h3-5,12,19H,6-11H2,1-2H3. The second-order valence-corrected chi connectivity index (χ2v) is 6.48. The van der Waals surface area contributed by atoms with Crippen LogP contribution in [0.5, 0.6) is 0 Å². The zero-order valence-electron chi connectivity index (χ0n) is 12.6. The van der Waals surface area contributed by atoms with E-state index >= 15 is 0 Å². The molecule has 0 spiro atoms. The zero-order chi connectivity index (χ0) is 15.3. The monoisotopic (exact) mass is 359 g/mol. The van der Waals surface area contributed by atoms with Gasteiger partial charge in [-0.15, -0.1) is 0 Å². The predicted molar refractivity (Wildman–Crippen MR) is 85.0 cm³/mol. The van der Waals surface area contributed by atoms with Crippen molar-refractivity contribution >= 4 is 15.9 Å². The number of hydrogen-bond donors (Lipinski definition) is 1. The van der Waals surface area contributed by atoms with Crippen LogP contribution in [0.2, 0.25) is 0 Å². The summed E-state index contributed by atoms with van der Waals surface area (Å²) >= 11 is 3.37. The highest BCUT2D eigenvalue weighted by Gasteiger charge is 2.41. The van der Waals surface area contributed by atoms with Gasteiger partial charge in [0.15, 0.2) is 0 Å². The summed E-state index contributed by atoms with van der Waals surface area (Å²) < 4.78 is 25.1. The van der Waals surface area contributed by atoms with Crippen LogP contribution in [0.4, 0.5) is 4.39 Å². The Morgan fingerprint density at radius 1 is 1.52 bits per heavy atom. The van der Waals surface area contributed by atoms with E-state index in [1.165, 1.54) is 6.07 Å². The topological polar surface area (TPSA) is 30.5 Å². The van der Waals surface area contributed by atoms with E-state index in [0.29, 0.717) is 11.1 Å². The maximum absolute atomic E-state index is 13.7. The van der Waals surface area contributed by atoms with Gasteiger partial charge in [-0.25, -0.2) is 4.39 Å². The number of methoxy groups -OCH3 is 1. The van der Waals surface area contributed by atoms with Gasteiger partial charge in [0.2, 0.25) is 0 Å². The van der Waals surface area contributed by atoms with Gasteiger partial charge in [-0.1, -0.05) is 12.1 Å². The first kappa shape index (κ1) is 16.9. The Balaban J connectivity index is 2.11. The van der Waals surface area contributed by atoms with Crippen LogP contribution in [0.1, 0.15) is 18.9 Å². The molecular formula is C16H23BrFNO2. The Morgan fingerprint density at radius 2 is 2.33 bits per heavy atom. The lowest BCUT2D eigenvalue weighted by Crippen LogP contribution is -2.42. The fourth-order valence-electron chi connectivity index (χ4n) is 2.92. The van der Waals surface area contributed by atoms with Gasteiger partial charge in [0.05, 0.1) is 17.2 Å². The molecule has 0 aliphatic carbocycles. The molecule has 1 aliphatic heterocycles. The molecule has 1 fully saturated rings. The summed E-state index contributed by atoms with van der Waals surface area (Å²) in [5.41, 5.74) is 1.00. The Morgan fingerprint density at radius 3 is 3.00 bits per heavy atom. The van der Waals surface area contributed by atoms with Crippen molar-refractivity contribution in [1.29, 1.82) is 0 Å². The molecule has 0 saturated carbocycles. The SMILES string of the molecule is COCCNCC1(Cc2cccc(F)c2Br)CCOC1C. The van der Waals surface area contributed by atoms with Crippen molar-refractivity contribution < 1.29 is 13.9 Å². The Bertz CT molecular complexity index is 472. The highest BCUT2D eigenvalue weighted by atomic mass is 79.9. The molecule has 1 aromatic carbocycles. The molecule has 0 bridgehead atoms. The molecule has 1 saturated heterocycles. The predicted octanol–water partition coefficient (Wildman–Crippen LogP) is 3.16. The fraction of sp³-hybridized carbons (Fsp3) is 0.625. The zero-order valence-corrected chi connectivity index (χ0v) is 14.2. The van der Waals surface area contributed by atoms with Crippen LogP contribution in [0.3, 0.4) is 0 Å². The van der Waals surface area contributed by atoms with E-state index in [2.05, 4.69) is 28.2 Å². The summed E-state index contributed by atoms with van der Waals surface area (Å²) in [6.45, 7) is 5.23. The van der Waals surface area contributed by atoms with Crippen LogP contribution in [-0.4, -0.2) is 39.5 Å². The lowest BCUT2D eigenvalue weighted by Gasteiger charge is -2.33. The van der Waals surface area contributed by atoms with Crippen molar-refractivity contribution in [2.24, 2.45) is 5.41 Å². The molecule has 21 heavy (non-hydrogen) atoms. The van der Waals surface area contributed by atoms with Crippen molar-refractivity contribution in [2.75, 3.05) is 33.4 Å². The molecule has 0 aromatic heterocycles. The summed E-state index contributed by atoms with van der Waals surface area (Å²) in [6.07, 6.45) is 1.94. The second-order valence-electron chi connectivity index (χ2n) is 5.68. The van der Waals surface area contributed by atoms with Crippen molar-refractivity contribution in [3.05, 3.63) is 34.1 Å². The third-order valence-corrected chi connectivity index (χ3v) is 5.25. The molecule has 0 radical (unpaired) electrons. The second kappa shape index (κ2) is 7.68. The van der Waals surface area contributed by atoms with Crippen LogP contribution in [-0.2, 0) is 15.9 Å².